The van der Waals surface area contributed by atoms with E-state index in [1.807, 2.05) is 48.7 Å². The van der Waals surface area contributed by atoms with Crippen molar-refractivity contribution in [2.45, 2.75) is 6.92 Å². The van der Waals surface area contributed by atoms with Crippen molar-refractivity contribution in [3.8, 4) is 5.75 Å². The molecule has 0 unspecified atom stereocenters. The summed E-state index contributed by atoms with van der Waals surface area (Å²) in [5, 5.41) is 1.91. The van der Waals surface area contributed by atoms with Crippen molar-refractivity contribution in [1.82, 2.24) is 4.90 Å². The SMILES string of the molecule is Cc1ccccc1OCCN(C)C(=O)c1cccs1. The van der Waals surface area contributed by atoms with Crippen LogP contribution in [0.3, 0.4) is 0 Å². The second kappa shape index (κ2) is 6.38. The lowest BCUT2D eigenvalue weighted by atomic mass is 10.2. The van der Waals surface area contributed by atoms with Gasteiger partial charge in [-0.25, -0.2) is 0 Å². The van der Waals surface area contributed by atoms with Gasteiger partial charge < -0.3 is 9.64 Å². The van der Waals surface area contributed by atoms with Gasteiger partial charge in [-0.3, -0.25) is 4.79 Å². The summed E-state index contributed by atoms with van der Waals surface area (Å²) in [6.07, 6.45) is 0. The number of para-hydroxylation sites is 1. The normalized spacial score (nSPS) is 10.2. The van der Waals surface area contributed by atoms with Crippen molar-refractivity contribution in [1.29, 1.82) is 0 Å². The third-order valence-electron chi connectivity index (χ3n) is 2.86. The summed E-state index contributed by atoms with van der Waals surface area (Å²) < 4.78 is 5.68. The average molecular weight is 275 g/mol. The molecule has 0 aliphatic rings. The molecule has 0 saturated heterocycles. The van der Waals surface area contributed by atoms with E-state index in [2.05, 4.69) is 0 Å². The summed E-state index contributed by atoms with van der Waals surface area (Å²) in [5.41, 5.74) is 1.11. The number of hydrogen-bond donors (Lipinski definition) is 0. The van der Waals surface area contributed by atoms with Crippen LogP contribution in [0.2, 0.25) is 0 Å². The van der Waals surface area contributed by atoms with Gasteiger partial charge in [0, 0.05) is 7.05 Å². The first kappa shape index (κ1) is 13.6. The van der Waals surface area contributed by atoms with E-state index in [-0.39, 0.29) is 5.91 Å². The van der Waals surface area contributed by atoms with Gasteiger partial charge in [0.2, 0.25) is 0 Å². The van der Waals surface area contributed by atoms with Gasteiger partial charge in [-0.2, -0.15) is 0 Å². The molecule has 100 valence electrons. The smallest absolute Gasteiger partial charge is 0.263 e. The highest BCUT2D eigenvalue weighted by molar-refractivity contribution is 7.12. The zero-order chi connectivity index (χ0) is 13.7. The Morgan fingerprint density at radius 2 is 2.05 bits per heavy atom. The molecule has 19 heavy (non-hydrogen) atoms. The minimum Gasteiger partial charge on any atom is -0.491 e. The molecule has 0 atom stereocenters. The Morgan fingerprint density at radius 1 is 1.26 bits per heavy atom. The van der Waals surface area contributed by atoms with Crippen LogP contribution in [0.15, 0.2) is 41.8 Å². The summed E-state index contributed by atoms with van der Waals surface area (Å²) >= 11 is 1.46. The van der Waals surface area contributed by atoms with Gasteiger partial charge in [0.05, 0.1) is 11.4 Å². The fourth-order valence-electron chi connectivity index (χ4n) is 1.70. The molecular weight excluding hydrogens is 258 g/mol. The van der Waals surface area contributed by atoms with Crippen LogP contribution in [0.4, 0.5) is 0 Å². The van der Waals surface area contributed by atoms with Crippen molar-refractivity contribution >= 4 is 17.2 Å². The summed E-state index contributed by atoms with van der Waals surface area (Å²) in [4.78, 5) is 14.4. The third kappa shape index (κ3) is 3.58. The molecule has 0 fully saturated rings. The Hall–Kier alpha value is -1.81. The molecule has 0 aliphatic heterocycles. The van der Waals surface area contributed by atoms with E-state index in [1.165, 1.54) is 11.3 Å². The second-order valence-corrected chi connectivity index (χ2v) is 5.27. The number of amides is 1. The van der Waals surface area contributed by atoms with Crippen molar-refractivity contribution in [2.75, 3.05) is 20.2 Å². The maximum atomic E-state index is 12.0. The van der Waals surface area contributed by atoms with Gasteiger partial charge in [0.1, 0.15) is 12.4 Å². The molecule has 0 radical (unpaired) electrons. The van der Waals surface area contributed by atoms with Crippen LogP contribution in [0.25, 0.3) is 0 Å². The molecule has 0 saturated carbocycles. The van der Waals surface area contributed by atoms with Crippen LogP contribution < -0.4 is 4.74 Å². The zero-order valence-corrected chi connectivity index (χ0v) is 11.9. The summed E-state index contributed by atoms with van der Waals surface area (Å²) in [7, 11) is 1.79. The van der Waals surface area contributed by atoms with Crippen LogP contribution in [0, 0.1) is 6.92 Å². The number of benzene rings is 1. The molecule has 0 bridgehead atoms. The molecule has 2 rings (SSSR count). The summed E-state index contributed by atoms with van der Waals surface area (Å²) in [6, 6.07) is 11.6. The van der Waals surface area contributed by atoms with E-state index in [1.54, 1.807) is 11.9 Å². The van der Waals surface area contributed by atoms with E-state index in [0.29, 0.717) is 13.2 Å². The molecule has 1 aromatic heterocycles. The number of nitrogens with zero attached hydrogens (tertiary/aromatic N) is 1. The van der Waals surface area contributed by atoms with Crippen molar-refractivity contribution in [3.63, 3.8) is 0 Å². The molecule has 0 spiro atoms. The third-order valence-corrected chi connectivity index (χ3v) is 3.71. The highest BCUT2D eigenvalue weighted by Gasteiger charge is 2.12. The topological polar surface area (TPSA) is 29.5 Å². The van der Waals surface area contributed by atoms with Crippen LogP contribution in [-0.2, 0) is 0 Å². The molecule has 0 N–H and O–H groups in total. The Kier molecular flexibility index (Phi) is 4.58. The molecule has 0 aliphatic carbocycles. The van der Waals surface area contributed by atoms with Crippen molar-refractivity contribution in [2.24, 2.45) is 0 Å². The minimum absolute atomic E-state index is 0.0448. The molecule has 2 aromatic rings. The Morgan fingerprint density at radius 3 is 2.74 bits per heavy atom. The largest absolute Gasteiger partial charge is 0.491 e. The van der Waals surface area contributed by atoms with Crippen molar-refractivity contribution < 1.29 is 9.53 Å². The summed E-state index contributed by atoms with van der Waals surface area (Å²) in [6.45, 7) is 3.08. The summed E-state index contributed by atoms with van der Waals surface area (Å²) in [5.74, 6) is 0.919. The molecule has 3 nitrogen and oxygen atoms in total. The van der Waals surface area contributed by atoms with Crippen molar-refractivity contribution in [3.05, 3.63) is 52.2 Å². The molecule has 1 heterocycles. The van der Waals surface area contributed by atoms with Gasteiger partial charge in [-0.1, -0.05) is 24.3 Å². The lowest BCUT2D eigenvalue weighted by molar-refractivity contribution is 0.0778. The minimum atomic E-state index is 0.0448. The van der Waals surface area contributed by atoms with E-state index in [9.17, 15) is 4.79 Å². The first-order valence-electron chi connectivity index (χ1n) is 6.16. The Balaban J connectivity index is 1.83. The first-order valence-corrected chi connectivity index (χ1v) is 7.04. The predicted molar refractivity (Wildman–Crippen MR) is 78.0 cm³/mol. The van der Waals surface area contributed by atoms with Gasteiger partial charge >= 0.3 is 0 Å². The number of hydrogen-bond acceptors (Lipinski definition) is 3. The lowest BCUT2D eigenvalue weighted by Crippen LogP contribution is -2.30. The number of carbonyl (C=O) groups excluding carboxylic acids is 1. The fraction of sp³-hybridized carbons (Fsp3) is 0.267. The number of carbonyl (C=O) groups is 1. The van der Waals surface area contributed by atoms with Crippen LogP contribution in [-0.4, -0.2) is 31.0 Å². The molecule has 1 aromatic carbocycles. The van der Waals surface area contributed by atoms with Gasteiger partial charge in [-0.15, -0.1) is 11.3 Å². The first-order chi connectivity index (χ1) is 9.18. The Bertz CT molecular complexity index is 537. The quantitative estimate of drug-likeness (QED) is 0.838. The highest BCUT2D eigenvalue weighted by atomic mass is 32.1. The zero-order valence-electron chi connectivity index (χ0n) is 11.1. The van der Waals surface area contributed by atoms with Gasteiger partial charge in [0.15, 0.2) is 0 Å². The van der Waals surface area contributed by atoms with E-state index < -0.39 is 0 Å². The molecular formula is C15H17NO2S. The van der Waals surface area contributed by atoms with Gasteiger partial charge in [0.25, 0.3) is 5.91 Å². The molecule has 4 heteroatoms. The lowest BCUT2D eigenvalue weighted by Gasteiger charge is -2.17. The maximum absolute atomic E-state index is 12.0. The number of thiophene rings is 1. The molecule has 1 amide bonds. The fourth-order valence-corrected chi connectivity index (χ4v) is 2.42. The second-order valence-electron chi connectivity index (χ2n) is 4.32. The standard InChI is InChI=1S/C15H17NO2S/c1-12-6-3-4-7-13(12)18-10-9-16(2)15(17)14-8-5-11-19-14/h3-8,11H,9-10H2,1-2H3. The van der Waals surface area contributed by atoms with E-state index >= 15 is 0 Å². The number of likely N-dealkylation sites (N-methyl/N-ethyl adjacent to an activating group) is 1. The van der Waals surface area contributed by atoms with Crippen LogP contribution >= 0.6 is 11.3 Å². The number of ether oxygens (including phenoxy) is 1. The van der Waals surface area contributed by atoms with Crippen LogP contribution in [0.1, 0.15) is 15.2 Å². The average Bonchev–Trinajstić information content (AvgIpc) is 2.94. The predicted octanol–water partition coefficient (Wildman–Crippen LogP) is 3.21. The number of aryl methyl sites for hydroxylation is 1. The van der Waals surface area contributed by atoms with Gasteiger partial charge in [-0.05, 0) is 30.0 Å². The highest BCUT2D eigenvalue weighted by Crippen LogP contribution is 2.16. The van der Waals surface area contributed by atoms with Crippen LogP contribution in [0.5, 0.6) is 5.75 Å². The monoisotopic (exact) mass is 275 g/mol. The maximum Gasteiger partial charge on any atom is 0.263 e. The number of rotatable bonds is 5. The Labute approximate surface area is 117 Å². The van der Waals surface area contributed by atoms with E-state index in [0.717, 1.165) is 16.2 Å². The van der Waals surface area contributed by atoms with E-state index in [4.69, 9.17) is 4.74 Å².